The van der Waals surface area contributed by atoms with Gasteiger partial charge in [-0.15, -0.1) is 0 Å². The molecule has 4 aromatic rings. The molecule has 0 saturated carbocycles. The second-order valence-corrected chi connectivity index (χ2v) is 7.10. The van der Waals surface area contributed by atoms with Crippen molar-refractivity contribution in [3.05, 3.63) is 74.4 Å². The zero-order valence-corrected chi connectivity index (χ0v) is 17.2. The summed E-state index contributed by atoms with van der Waals surface area (Å²) in [4.78, 5) is 52.5. The molecule has 2 aromatic heterocycles. The SMILES string of the molecule is O=C(COc1ccc(Cl)c2cccnc12)NCC(=O)Nc1cccc2c(=O)[nH][nH]c(=O)c12. The van der Waals surface area contributed by atoms with Crippen molar-refractivity contribution in [3.8, 4) is 5.75 Å². The summed E-state index contributed by atoms with van der Waals surface area (Å²) in [5.41, 5.74) is -0.382. The molecule has 0 unspecified atom stereocenters. The first-order valence-electron chi connectivity index (χ1n) is 9.40. The van der Waals surface area contributed by atoms with Crippen LogP contribution in [-0.2, 0) is 9.59 Å². The third kappa shape index (κ3) is 4.30. The Morgan fingerprint density at radius 2 is 1.75 bits per heavy atom. The lowest BCUT2D eigenvalue weighted by atomic mass is 10.1. The summed E-state index contributed by atoms with van der Waals surface area (Å²) in [7, 11) is 0. The van der Waals surface area contributed by atoms with Crippen molar-refractivity contribution in [2.75, 3.05) is 18.5 Å². The minimum Gasteiger partial charge on any atom is -0.481 e. The Bertz CT molecular complexity index is 1460. The van der Waals surface area contributed by atoms with Crippen molar-refractivity contribution in [1.29, 1.82) is 0 Å². The van der Waals surface area contributed by atoms with Crippen LogP contribution in [0.4, 0.5) is 5.69 Å². The molecule has 2 amide bonds. The standard InChI is InChI=1S/C21H16ClN5O5/c22-13-6-7-15(19-11(13)4-2-8-23-19)32-10-17(29)24-9-16(28)25-14-5-1-3-12-18(14)21(31)27-26-20(12)30/h1-8H,9-10H2,(H,24,29)(H,25,28)(H,26,30)(H,27,31). The lowest BCUT2D eigenvalue weighted by molar-refractivity contribution is -0.125. The largest absolute Gasteiger partial charge is 0.481 e. The van der Waals surface area contributed by atoms with E-state index in [2.05, 4.69) is 25.8 Å². The van der Waals surface area contributed by atoms with E-state index in [4.69, 9.17) is 16.3 Å². The number of carbonyl (C=O) groups is 2. The molecular weight excluding hydrogens is 438 g/mol. The van der Waals surface area contributed by atoms with Gasteiger partial charge < -0.3 is 15.4 Å². The summed E-state index contributed by atoms with van der Waals surface area (Å²) in [5, 5.41) is 10.8. The van der Waals surface area contributed by atoms with Gasteiger partial charge in [0.25, 0.3) is 17.0 Å². The van der Waals surface area contributed by atoms with Crippen LogP contribution >= 0.6 is 11.6 Å². The minimum absolute atomic E-state index is 0.0429. The Labute approximate surface area is 184 Å². The fraction of sp³-hybridized carbons (Fsp3) is 0.0952. The van der Waals surface area contributed by atoms with Gasteiger partial charge in [-0.1, -0.05) is 17.7 Å². The number of rotatable bonds is 6. The number of nitrogens with one attached hydrogen (secondary N) is 4. The van der Waals surface area contributed by atoms with Crippen molar-refractivity contribution in [2.24, 2.45) is 0 Å². The molecule has 32 heavy (non-hydrogen) atoms. The molecule has 0 bridgehead atoms. The maximum Gasteiger partial charge on any atom is 0.272 e. The fourth-order valence-corrected chi connectivity index (χ4v) is 3.35. The molecule has 4 N–H and O–H groups in total. The maximum absolute atomic E-state index is 12.3. The van der Waals surface area contributed by atoms with E-state index in [9.17, 15) is 19.2 Å². The highest BCUT2D eigenvalue weighted by Gasteiger charge is 2.13. The number of ether oxygens (including phenoxy) is 1. The number of halogens is 1. The van der Waals surface area contributed by atoms with Gasteiger partial charge >= 0.3 is 0 Å². The summed E-state index contributed by atoms with van der Waals surface area (Å²) >= 11 is 6.14. The van der Waals surface area contributed by atoms with Gasteiger partial charge in [0.1, 0.15) is 11.3 Å². The van der Waals surface area contributed by atoms with Crippen LogP contribution in [0.2, 0.25) is 5.02 Å². The van der Waals surface area contributed by atoms with E-state index >= 15 is 0 Å². The fourth-order valence-electron chi connectivity index (χ4n) is 3.13. The van der Waals surface area contributed by atoms with Gasteiger partial charge in [-0.05, 0) is 36.4 Å². The van der Waals surface area contributed by atoms with Crippen LogP contribution in [0.25, 0.3) is 21.7 Å². The summed E-state index contributed by atoms with van der Waals surface area (Å²) in [6.07, 6.45) is 1.59. The van der Waals surface area contributed by atoms with E-state index in [0.29, 0.717) is 21.7 Å². The van der Waals surface area contributed by atoms with E-state index < -0.39 is 22.9 Å². The van der Waals surface area contributed by atoms with Gasteiger partial charge in [-0.2, -0.15) is 0 Å². The molecule has 2 heterocycles. The third-order valence-corrected chi connectivity index (χ3v) is 4.91. The second kappa shape index (κ2) is 8.90. The number of hydrogen-bond donors (Lipinski definition) is 4. The molecule has 11 heteroatoms. The highest BCUT2D eigenvalue weighted by Crippen LogP contribution is 2.29. The number of H-pyrrole nitrogens is 2. The lowest BCUT2D eigenvalue weighted by Crippen LogP contribution is -2.36. The zero-order chi connectivity index (χ0) is 22.7. The average molecular weight is 454 g/mol. The van der Waals surface area contributed by atoms with E-state index in [1.165, 1.54) is 18.2 Å². The van der Waals surface area contributed by atoms with E-state index in [-0.39, 0.29) is 29.6 Å². The predicted octanol–water partition coefficient (Wildman–Crippen LogP) is 1.55. The number of aromatic amines is 2. The molecule has 162 valence electrons. The van der Waals surface area contributed by atoms with Gasteiger partial charge in [0.05, 0.1) is 28.0 Å². The van der Waals surface area contributed by atoms with Crippen LogP contribution in [0.3, 0.4) is 0 Å². The Morgan fingerprint density at radius 3 is 2.59 bits per heavy atom. The number of benzene rings is 2. The topological polar surface area (TPSA) is 146 Å². The molecule has 0 atom stereocenters. The second-order valence-electron chi connectivity index (χ2n) is 6.70. The van der Waals surface area contributed by atoms with Crippen LogP contribution in [0, 0.1) is 0 Å². The van der Waals surface area contributed by atoms with Crippen LogP contribution in [-0.4, -0.2) is 40.1 Å². The molecule has 0 radical (unpaired) electrons. The van der Waals surface area contributed by atoms with E-state index in [1.807, 2.05) is 0 Å². The van der Waals surface area contributed by atoms with E-state index in [1.54, 1.807) is 30.5 Å². The number of fused-ring (bicyclic) bond motifs is 2. The third-order valence-electron chi connectivity index (χ3n) is 4.58. The molecule has 0 spiro atoms. The van der Waals surface area contributed by atoms with Gasteiger partial charge in [0, 0.05) is 11.6 Å². The average Bonchev–Trinajstić information content (AvgIpc) is 2.80. The highest BCUT2D eigenvalue weighted by molar-refractivity contribution is 6.35. The Hall–Kier alpha value is -4.18. The monoisotopic (exact) mass is 453 g/mol. The zero-order valence-electron chi connectivity index (χ0n) is 16.4. The van der Waals surface area contributed by atoms with Crippen molar-refractivity contribution < 1.29 is 14.3 Å². The number of pyridine rings is 1. The van der Waals surface area contributed by atoms with Crippen LogP contribution in [0.5, 0.6) is 5.75 Å². The van der Waals surface area contributed by atoms with Crippen LogP contribution < -0.4 is 26.5 Å². The molecule has 0 aliphatic heterocycles. The summed E-state index contributed by atoms with van der Waals surface area (Å²) in [5.74, 6) is -0.736. The smallest absolute Gasteiger partial charge is 0.272 e. The van der Waals surface area contributed by atoms with Crippen molar-refractivity contribution >= 4 is 50.8 Å². The van der Waals surface area contributed by atoms with Crippen molar-refractivity contribution in [2.45, 2.75) is 0 Å². The summed E-state index contributed by atoms with van der Waals surface area (Å²) < 4.78 is 5.52. The first-order valence-corrected chi connectivity index (χ1v) is 9.78. The molecule has 2 aromatic carbocycles. The normalized spacial score (nSPS) is 10.8. The molecule has 4 rings (SSSR count). The summed E-state index contributed by atoms with van der Waals surface area (Å²) in [6, 6.07) is 11.3. The first kappa shape index (κ1) is 21.1. The number of aromatic nitrogens is 3. The minimum atomic E-state index is -0.579. The lowest BCUT2D eigenvalue weighted by Gasteiger charge is -2.11. The number of hydrogen-bond acceptors (Lipinski definition) is 6. The van der Waals surface area contributed by atoms with Gasteiger partial charge in [0.15, 0.2) is 6.61 Å². The number of nitrogens with zero attached hydrogens (tertiary/aromatic N) is 1. The van der Waals surface area contributed by atoms with Gasteiger partial charge in [-0.3, -0.25) is 34.4 Å². The summed E-state index contributed by atoms with van der Waals surface area (Å²) in [6.45, 7) is -0.705. The Kier molecular flexibility index (Phi) is 5.86. The van der Waals surface area contributed by atoms with E-state index in [0.717, 1.165) is 0 Å². The molecule has 10 nitrogen and oxygen atoms in total. The number of anilines is 1. The molecule has 0 aliphatic carbocycles. The van der Waals surface area contributed by atoms with Gasteiger partial charge in [0.2, 0.25) is 5.91 Å². The Morgan fingerprint density at radius 1 is 0.969 bits per heavy atom. The highest BCUT2D eigenvalue weighted by atomic mass is 35.5. The Balaban J connectivity index is 1.37. The predicted molar refractivity (Wildman–Crippen MR) is 119 cm³/mol. The first-order chi connectivity index (χ1) is 15.4. The van der Waals surface area contributed by atoms with Crippen LogP contribution in [0.15, 0.2) is 58.3 Å². The number of carbonyl (C=O) groups excluding carboxylic acids is 2. The molecule has 0 aliphatic rings. The molecular formula is C21H16ClN5O5. The van der Waals surface area contributed by atoms with Gasteiger partial charge in [-0.25, -0.2) is 0 Å². The van der Waals surface area contributed by atoms with Crippen molar-refractivity contribution in [3.63, 3.8) is 0 Å². The van der Waals surface area contributed by atoms with Crippen molar-refractivity contribution in [1.82, 2.24) is 20.5 Å². The quantitative estimate of drug-likeness (QED) is 0.348. The maximum atomic E-state index is 12.3. The molecule has 0 fully saturated rings. The number of amides is 2. The molecule has 0 saturated heterocycles. The van der Waals surface area contributed by atoms with Crippen LogP contribution in [0.1, 0.15) is 0 Å².